The number of pyridine rings is 1. The second-order valence-corrected chi connectivity index (χ2v) is 4.65. The smallest absolute Gasteiger partial charge is 0.162 e. The maximum atomic E-state index is 6.00. The molecule has 0 atom stereocenters. The van der Waals surface area contributed by atoms with Crippen molar-refractivity contribution < 1.29 is 9.47 Å². The molecule has 1 heterocycles. The molecular weight excluding hydrogens is 248 g/mol. The first-order valence-corrected chi connectivity index (χ1v) is 6.15. The fourth-order valence-corrected chi connectivity index (χ4v) is 2.35. The summed E-state index contributed by atoms with van der Waals surface area (Å²) in [7, 11) is 3.20. The van der Waals surface area contributed by atoms with Crippen LogP contribution in [0.3, 0.4) is 0 Å². The van der Waals surface area contributed by atoms with Gasteiger partial charge in [-0.2, -0.15) is 0 Å². The third-order valence-corrected chi connectivity index (χ3v) is 3.47. The number of rotatable bonds is 4. The monoisotopic (exact) mass is 262 g/mol. The Kier molecular flexibility index (Phi) is 3.94. The van der Waals surface area contributed by atoms with Crippen molar-refractivity contribution in [1.29, 1.82) is 0 Å². The third-order valence-electron chi connectivity index (χ3n) is 2.39. The average molecular weight is 262 g/mol. The molecule has 0 saturated heterocycles. The Labute approximate surface area is 110 Å². The van der Waals surface area contributed by atoms with E-state index in [2.05, 4.69) is 4.98 Å². The van der Waals surface area contributed by atoms with E-state index in [1.165, 1.54) is 0 Å². The quantitative estimate of drug-likeness (QED) is 0.859. The summed E-state index contributed by atoms with van der Waals surface area (Å²) < 4.78 is 10.5. The van der Waals surface area contributed by atoms with Gasteiger partial charge in [-0.05, 0) is 18.2 Å². The number of methoxy groups -OCH3 is 2. The molecule has 0 amide bonds. The van der Waals surface area contributed by atoms with E-state index in [4.69, 9.17) is 15.2 Å². The molecule has 2 aromatic rings. The van der Waals surface area contributed by atoms with Gasteiger partial charge in [-0.25, -0.2) is 0 Å². The highest BCUT2D eigenvalue weighted by Crippen LogP contribution is 2.39. The van der Waals surface area contributed by atoms with Crippen molar-refractivity contribution in [3.63, 3.8) is 0 Å². The molecule has 94 valence electrons. The zero-order valence-corrected chi connectivity index (χ0v) is 11.0. The van der Waals surface area contributed by atoms with Crippen molar-refractivity contribution in [3.05, 3.63) is 36.7 Å². The summed E-state index contributed by atoms with van der Waals surface area (Å²) in [6.07, 6.45) is 3.50. The van der Waals surface area contributed by atoms with Crippen LogP contribution in [0.1, 0.15) is 0 Å². The van der Waals surface area contributed by atoms with Crippen LogP contribution >= 0.6 is 11.8 Å². The number of hydrogen-bond acceptors (Lipinski definition) is 5. The number of benzene rings is 1. The van der Waals surface area contributed by atoms with E-state index >= 15 is 0 Å². The summed E-state index contributed by atoms with van der Waals surface area (Å²) in [5.41, 5.74) is 6.66. The van der Waals surface area contributed by atoms with Gasteiger partial charge in [0.15, 0.2) is 11.5 Å². The fraction of sp³-hybridized carbons (Fsp3) is 0.154. The molecule has 1 aromatic carbocycles. The SMILES string of the molecule is COc1cc(N)c(Sc2ccncc2)cc1OC. The molecule has 5 heteroatoms. The van der Waals surface area contributed by atoms with Crippen molar-refractivity contribution in [2.75, 3.05) is 20.0 Å². The number of hydrogen-bond donors (Lipinski definition) is 1. The summed E-state index contributed by atoms with van der Waals surface area (Å²) >= 11 is 1.56. The van der Waals surface area contributed by atoms with Crippen LogP contribution in [0.15, 0.2) is 46.5 Å². The maximum Gasteiger partial charge on any atom is 0.162 e. The highest BCUT2D eigenvalue weighted by Gasteiger charge is 2.10. The van der Waals surface area contributed by atoms with E-state index in [1.54, 1.807) is 44.4 Å². The molecule has 18 heavy (non-hydrogen) atoms. The van der Waals surface area contributed by atoms with Gasteiger partial charge in [0.1, 0.15) is 0 Å². The molecular formula is C13H14N2O2S. The molecule has 0 aliphatic carbocycles. The van der Waals surface area contributed by atoms with Crippen molar-refractivity contribution in [3.8, 4) is 11.5 Å². The van der Waals surface area contributed by atoms with Crippen molar-refractivity contribution in [2.24, 2.45) is 0 Å². The molecule has 0 bridgehead atoms. The van der Waals surface area contributed by atoms with Gasteiger partial charge < -0.3 is 15.2 Å². The van der Waals surface area contributed by atoms with E-state index < -0.39 is 0 Å². The molecule has 2 N–H and O–H groups in total. The van der Waals surface area contributed by atoms with Crippen LogP contribution in [0.4, 0.5) is 5.69 Å². The number of nitrogens with zero attached hydrogens (tertiary/aromatic N) is 1. The molecule has 1 aromatic heterocycles. The average Bonchev–Trinajstić information content (AvgIpc) is 2.41. The molecule has 0 aliphatic heterocycles. The van der Waals surface area contributed by atoms with Crippen LogP contribution in [-0.4, -0.2) is 19.2 Å². The lowest BCUT2D eigenvalue weighted by Crippen LogP contribution is -1.95. The molecule has 0 unspecified atom stereocenters. The largest absolute Gasteiger partial charge is 0.493 e. The molecule has 0 spiro atoms. The minimum atomic E-state index is 0.633. The third kappa shape index (κ3) is 2.68. The Hall–Kier alpha value is -1.88. The first-order chi connectivity index (χ1) is 8.74. The molecule has 0 radical (unpaired) electrons. The van der Waals surface area contributed by atoms with E-state index in [0.717, 1.165) is 9.79 Å². The Balaban J connectivity index is 2.33. The second-order valence-electron chi connectivity index (χ2n) is 3.53. The minimum Gasteiger partial charge on any atom is -0.493 e. The Morgan fingerprint density at radius 2 is 1.67 bits per heavy atom. The van der Waals surface area contributed by atoms with Crippen LogP contribution in [0, 0.1) is 0 Å². The zero-order chi connectivity index (χ0) is 13.0. The molecule has 2 rings (SSSR count). The fourth-order valence-electron chi connectivity index (χ4n) is 1.50. The van der Waals surface area contributed by atoms with Crippen molar-refractivity contribution in [2.45, 2.75) is 9.79 Å². The van der Waals surface area contributed by atoms with Crippen LogP contribution in [0.2, 0.25) is 0 Å². The van der Waals surface area contributed by atoms with Gasteiger partial charge in [0.25, 0.3) is 0 Å². The molecule has 0 fully saturated rings. The predicted octanol–water partition coefficient (Wildman–Crippen LogP) is 2.83. The van der Waals surface area contributed by atoms with Gasteiger partial charge in [-0.1, -0.05) is 11.8 Å². The van der Waals surface area contributed by atoms with E-state index in [1.807, 2.05) is 18.2 Å². The highest BCUT2D eigenvalue weighted by molar-refractivity contribution is 7.99. The number of nitrogens with two attached hydrogens (primary N) is 1. The van der Waals surface area contributed by atoms with E-state index in [9.17, 15) is 0 Å². The van der Waals surface area contributed by atoms with Gasteiger partial charge in [-0.15, -0.1) is 0 Å². The molecule has 0 saturated carbocycles. The number of aromatic nitrogens is 1. The van der Waals surface area contributed by atoms with Crippen LogP contribution in [0.25, 0.3) is 0 Å². The van der Waals surface area contributed by atoms with Gasteiger partial charge in [0.05, 0.1) is 14.2 Å². The minimum absolute atomic E-state index is 0.633. The van der Waals surface area contributed by atoms with Crippen molar-refractivity contribution >= 4 is 17.4 Å². The Bertz CT molecular complexity index is 532. The first kappa shape index (κ1) is 12.6. The van der Waals surface area contributed by atoms with Gasteiger partial charge >= 0.3 is 0 Å². The number of nitrogen functional groups attached to an aromatic ring is 1. The highest BCUT2D eigenvalue weighted by atomic mass is 32.2. The Morgan fingerprint density at radius 1 is 1.06 bits per heavy atom. The van der Waals surface area contributed by atoms with Gasteiger partial charge in [-0.3, -0.25) is 4.98 Å². The summed E-state index contributed by atoms with van der Waals surface area (Å²) in [6, 6.07) is 7.50. The normalized spacial score (nSPS) is 10.1. The maximum absolute atomic E-state index is 6.00. The number of ether oxygens (including phenoxy) is 2. The molecule has 0 aliphatic rings. The standard InChI is InChI=1S/C13H14N2O2S/c1-16-11-7-10(14)13(8-12(11)17-2)18-9-3-5-15-6-4-9/h3-8H,14H2,1-2H3. The van der Waals surface area contributed by atoms with Crippen LogP contribution < -0.4 is 15.2 Å². The first-order valence-electron chi connectivity index (χ1n) is 5.34. The van der Waals surface area contributed by atoms with Crippen LogP contribution in [0.5, 0.6) is 11.5 Å². The Morgan fingerprint density at radius 3 is 2.28 bits per heavy atom. The summed E-state index contributed by atoms with van der Waals surface area (Å²) in [5, 5.41) is 0. The lowest BCUT2D eigenvalue weighted by Gasteiger charge is -2.12. The predicted molar refractivity (Wildman–Crippen MR) is 72.3 cm³/mol. The summed E-state index contributed by atoms with van der Waals surface area (Å²) in [5.74, 6) is 1.30. The second kappa shape index (κ2) is 5.64. The van der Waals surface area contributed by atoms with Gasteiger partial charge in [0, 0.05) is 33.9 Å². The summed E-state index contributed by atoms with van der Waals surface area (Å²) in [4.78, 5) is 5.98. The lowest BCUT2D eigenvalue weighted by molar-refractivity contribution is 0.354. The van der Waals surface area contributed by atoms with Crippen LogP contribution in [-0.2, 0) is 0 Å². The van der Waals surface area contributed by atoms with E-state index in [-0.39, 0.29) is 0 Å². The lowest BCUT2D eigenvalue weighted by atomic mass is 10.3. The topological polar surface area (TPSA) is 57.4 Å². The van der Waals surface area contributed by atoms with Crippen molar-refractivity contribution in [1.82, 2.24) is 4.98 Å². The van der Waals surface area contributed by atoms with E-state index in [0.29, 0.717) is 17.2 Å². The zero-order valence-electron chi connectivity index (χ0n) is 10.2. The number of anilines is 1. The summed E-state index contributed by atoms with van der Waals surface area (Å²) in [6.45, 7) is 0. The molecule has 4 nitrogen and oxygen atoms in total. The van der Waals surface area contributed by atoms with Gasteiger partial charge in [0.2, 0.25) is 0 Å².